The van der Waals surface area contributed by atoms with Crippen LogP contribution in [0.3, 0.4) is 0 Å². The lowest BCUT2D eigenvalue weighted by Gasteiger charge is -2.70. The zero-order valence-corrected chi connectivity index (χ0v) is 37.4. The Labute approximate surface area is 364 Å². The van der Waals surface area contributed by atoms with Crippen LogP contribution in [-0.2, 0) is 33.2 Å². The summed E-state index contributed by atoms with van der Waals surface area (Å²) in [5.41, 5.74) is 0.670. The molecule has 16 nitrogen and oxygen atoms in total. The van der Waals surface area contributed by atoms with Crippen molar-refractivity contribution in [2.45, 2.75) is 205 Å². The van der Waals surface area contributed by atoms with Crippen molar-refractivity contribution in [3.63, 3.8) is 0 Å². The van der Waals surface area contributed by atoms with E-state index in [1.165, 1.54) is 12.5 Å². The minimum absolute atomic E-state index is 0.0103. The summed E-state index contributed by atoms with van der Waals surface area (Å²) in [4.78, 5) is 13.1. The molecule has 7 fully saturated rings. The summed E-state index contributed by atoms with van der Waals surface area (Å²) >= 11 is 0. The van der Waals surface area contributed by atoms with Crippen molar-refractivity contribution < 1.29 is 79.2 Å². The summed E-state index contributed by atoms with van der Waals surface area (Å²) in [5, 5.41) is 96.1. The average Bonchev–Trinajstić information content (AvgIpc) is 3.21. The first-order chi connectivity index (χ1) is 29.0. The third-order valence-corrected chi connectivity index (χ3v) is 18.5. The molecule has 3 saturated heterocycles. The van der Waals surface area contributed by atoms with Crippen LogP contribution in [0.1, 0.15) is 113 Å². The third-order valence-electron chi connectivity index (χ3n) is 18.5. The van der Waals surface area contributed by atoms with E-state index in [9.17, 15) is 50.8 Å². The normalized spacial score (nSPS) is 55.1. The molecule has 9 N–H and O–H groups in total. The van der Waals surface area contributed by atoms with Gasteiger partial charge in [0.2, 0.25) is 0 Å². The molecule has 23 unspecified atom stereocenters. The number of aliphatic hydroxyl groups is 8. The first-order valence-corrected chi connectivity index (χ1v) is 23.2. The fourth-order valence-corrected chi connectivity index (χ4v) is 14.4. The number of carboxylic acids is 1. The molecule has 23 atom stereocenters. The molecule has 3 heterocycles. The monoisotopic (exact) mass is 882 g/mol. The van der Waals surface area contributed by atoms with Crippen LogP contribution in [0.15, 0.2) is 11.6 Å². The summed E-state index contributed by atoms with van der Waals surface area (Å²) in [6, 6.07) is 0. The van der Waals surface area contributed by atoms with Crippen molar-refractivity contribution in [2.75, 3.05) is 13.2 Å². The number of aliphatic carboxylic acids is 1. The van der Waals surface area contributed by atoms with E-state index in [4.69, 9.17) is 28.4 Å². The minimum Gasteiger partial charge on any atom is -0.481 e. The molecule has 0 amide bonds. The smallest absolute Gasteiger partial charge is 0.310 e. The van der Waals surface area contributed by atoms with Gasteiger partial charge in [-0.15, -0.1) is 0 Å². The first-order valence-electron chi connectivity index (χ1n) is 23.2. The van der Waals surface area contributed by atoms with Crippen molar-refractivity contribution in [1.82, 2.24) is 0 Å². The maximum Gasteiger partial charge on any atom is 0.310 e. The van der Waals surface area contributed by atoms with E-state index in [1.54, 1.807) is 0 Å². The van der Waals surface area contributed by atoms with Crippen molar-refractivity contribution in [3.8, 4) is 0 Å². The Bertz CT molecular complexity index is 1680. The van der Waals surface area contributed by atoms with E-state index in [1.807, 2.05) is 0 Å². The van der Waals surface area contributed by atoms with Gasteiger partial charge in [0.05, 0.1) is 30.8 Å². The molecule has 3 aliphatic heterocycles. The van der Waals surface area contributed by atoms with Gasteiger partial charge < -0.3 is 74.4 Å². The number of hydrogen-bond acceptors (Lipinski definition) is 15. The van der Waals surface area contributed by atoms with E-state index in [0.717, 1.165) is 51.4 Å². The Hall–Kier alpha value is -1.35. The number of rotatable bonds is 8. The van der Waals surface area contributed by atoms with Crippen molar-refractivity contribution in [3.05, 3.63) is 11.6 Å². The van der Waals surface area contributed by atoms with Gasteiger partial charge in [-0.1, -0.05) is 53.2 Å². The molecule has 5 aliphatic carbocycles. The quantitative estimate of drug-likeness (QED) is 0.125. The van der Waals surface area contributed by atoms with Gasteiger partial charge in [0, 0.05) is 0 Å². The van der Waals surface area contributed by atoms with Gasteiger partial charge in [0.1, 0.15) is 61.0 Å². The number of carbonyl (C=O) groups is 1. The minimum atomic E-state index is -1.80. The standard InChI is InChI=1S/C46H74O16/c1-21-23-10-13-45(7)29(9-8-24-25-18-42(3,4)14-16-46(25,41(55)56)17-15-44(24,45)6)43(23,5)12-11-27(21)59-40-37(31(50)26(48)20-57-40)62-39-35(54)36(30(49)22(2)58-39)61-38-34(53)33(52)32(51)28(19-47)60-38/h8,21-23,25-40,47-54H,9-20H2,1-7H3,(H,55,56). The highest BCUT2D eigenvalue weighted by molar-refractivity contribution is 5.76. The van der Waals surface area contributed by atoms with Crippen LogP contribution in [0.5, 0.6) is 0 Å². The van der Waals surface area contributed by atoms with Gasteiger partial charge in [-0.25, -0.2) is 0 Å². The summed E-state index contributed by atoms with van der Waals surface area (Å²) in [6.45, 7) is 14.8. The molecule has 62 heavy (non-hydrogen) atoms. The molecule has 0 aromatic rings. The highest BCUT2D eigenvalue weighted by Crippen LogP contribution is 2.75. The second kappa shape index (κ2) is 16.8. The lowest BCUT2D eigenvalue weighted by molar-refractivity contribution is -0.381. The predicted molar refractivity (Wildman–Crippen MR) is 219 cm³/mol. The topological polar surface area (TPSA) is 255 Å². The van der Waals surface area contributed by atoms with Crippen LogP contribution in [0.25, 0.3) is 0 Å². The maximum atomic E-state index is 13.1. The highest BCUT2D eigenvalue weighted by Gasteiger charge is 2.68. The molecule has 16 heteroatoms. The Balaban J connectivity index is 0.980. The van der Waals surface area contributed by atoms with Gasteiger partial charge in [0.25, 0.3) is 0 Å². The Morgan fingerprint density at radius 3 is 2.11 bits per heavy atom. The number of aliphatic hydroxyl groups excluding tert-OH is 8. The zero-order valence-electron chi connectivity index (χ0n) is 37.4. The van der Waals surface area contributed by atoms with Crippen LogP contribution >= 0.6 is 0 Å². The highest BCUT2D eigenvalue weighted by atomic mass is 16.8. The van der Waals surface area contributed by atoms with Crippen LogP contribution in [0.4, 0.5) is 0 Å². The number of carboxylic acid groups (broad SMARTS) is 1. The Morgan fingerprint density at radius 2 is 1.42 bits per heavy atom. The SMILES string of the molecule is CC1OC(OC2C(OC3CCC4(C)C(CCC5(C)C4CC=C4C6CC(C)(C)CCC6(C(=O)O)CCC45C)C3C)OCC(O)C2O)C(O)C(OC2OC(CO)C(O)C(O)C2O)C1O. The van der Waals surface area contributed by atoms with E-state index < -0.39 is 104 Å². The fourth-order valence-electron chi connectivity index (χ4n) is 14.4. The van der Waals surface area contributed by atoms with Crippen LogP contribution in [0, 0.1) is 50.7 Å². The van der Waals surface area contributed by atoms with Gasteiger partial charge in [-0.3, -0.25) is 4.79 Å². The average molecular weight is 883 g/mol. The van der Waals surface area contributed by atoms with Gasteiger partial charge >= 0.3 is 5.97 Å². The molecule has 0 aromatic carbocycles. The molecule has 8 aliphatic rings. The summed E-state index contributed by atoms with van der Waals surface area (Å²) < 4.78 is 36.1. The first kappa shape index (κ1) is 47.2. The van der Waals surface area contributed by atoms with Crippen molar-refractivity contribution >= 4 is 5.97 Å². The van der Waals surface area contributed by atoms with Gasteiger partial charge in [-0.05, 0) is 116 Å². The van der Waals surface area contributed by atoms with Crippen molar-refractivity contribution in [2.24, 2.45) is 50.7 Å². The van der Waals surface area contributed by atoms with E-state index >= 15 is 0 Å². The largest absolute Gasteiger partial charge is 0.481 e. The van der Waals surface area contributed by atoms with E-state index in [0.29, 0.717) is 24.7 Å². The molecule has 0 spiro atoms. The second-order valence-electron chi connectivity index (χ2n) is 22.2. The number of ether oxygens (including phenoxy) is 6. The summed E-state index contributed by atoms with van der Waals surface area (Å²) in [5.74, 6) is 0.186. The lowest BCUT2D eigenvalue weighted by Crippen LogP contribution is -2.65. The molecule has 4 saturated carbocycles. The van der Waals surface area contributed by atoms with Crippen molar-refractivity contribution in [1.29, 1.82) is 0 Å². The Kier molecular flexibility index (Phi) is 12.7. The molecule has 0 bridgehead atoms. The molecule has 354 valence electrons. The van der Waals surface area contributed by atoms with Crippen LogP contribution in [0.2, 0.25) is 0 Å². The number of allylic oxidation sites excluding steroid dienone is 2. The number of fused-ring (bicyclic) bond motifs is 7. The van der Waals surface area contributed by atoms with Gasteiger partial charge in [-0.2, -0.15) is 0 Å². The fraction of sp³-hybridized carbons (Fsp3) is 0.935. The van der Waals surface area contributed by atoms with Gasteiger partial charge in [0.15, 0.2) is 18.9 Å². The van der Waals surface area contributed by atoms with Crippen LogP contribution < -0.4 is 0 Å². The zero-order chi connectivity index (χ0) is 45.1. The van der Waals surface area contributed by atoms with E-state index in [-0.39, 0.29) is 46.2 Å². The Morgan fingerprint density at radius 1 is 0.742 bits per heavy atom. The second-order valence-corrected chi connectivity index (χ2v) is 22.2. The lowest BCUT2D eigenvalue weighted by atomic mass is 9.34. The van der Waals surface area contributed by atoms with E-state index in [2.05, 4.69) is 47.6 Å². The molecular formula is C46H74O16. The molecule has 0 radical (unpaired) electrons. The van der Waals surface area contributed by atoms with Crippen LogP contribution in [-0.4, -0.2) is 157 Å². The number of hydrogen-bond donors (Lipinski definition) is 9. The molecular weight excluding hydrogens is 808 g/mol. The molecule has 0 aromatic heterocycles. The summed E-state index contributed by atoms with van der Waals surface area (Å²) in [7, 11) is 0. The third kappa shape index (κ3) is 7.37. The predicted octanol–water partition coefficient (Wildman–Crippen LogP) is 1.98. The summed E-state index contributed by atoms with van der Waals surface area (Å²) in [6.07, 6.45) is -10.0. The molecule has 8 rings (SSSR count). The maximum absolute atomic E-state index is 13.1.